The molecule has 0 atom stereocenters. The van der Waals surface area contributed by atoms with E-state index in [2.05, 4.69) is 31.2 Å². The van der Waals surface area contributed by atoms with Gasteiger partial charge in [0.05, 0.1) is 17.8 Å². The van der Waals surface area contributed by atoms with E-state index < -0.39 is 0 Å². The van der Waals surface area contributed by atoms with Crippen LogP contribution in [0.1, 0.15) is 24.2 Å². The number of nitrogens with zero attached hydrogens (tertiary/aromatic N) is 6. The van der Waals surface area contributed by atoms with Crippen LogP contribution in [-0.4, -0.2) is 46.1 Å². The standard InChI is InChI=1S/C26H28ClN7/c1-19-16-25(33-13-4-5-14-33)32-26(31-19)34(18-21-6-2-3-10-28-21)15-12-30-23-9-11-29-24-17-20(27)7-8-22(23)24/h2-3,6-11,16-17H,4-5,12-15,18H2,1H3,(H,29,30). The van der Waals surface area contributed by atoms with Crippen molar-refractivity contribution in [3.05, 3.63) is 77.3 Å². The minimum atomic E-state index is 0.637. The maximum absolute atomic E-state index is 6.14. The van der Waals surface area contributed by atoms with Gasteiger partial charge in [-0.3, -0.25) is 9.97 Å². The summed E-state index contributed by atoms with van der Waals surface area (Å²) in [7, 11) is 0. The average Bonchev–Trinajstić information content (AvgIpc) is 3.39. The van der Waals surface area contributed by atoms with E-state index in [1.807, 2.05) is 55.6 Å². The van der Waals surface area contributed by atoms with Gasteiger partial charge in [-0.05, 0) is 56.2 Å². The Morgan fingerprint density at radius 3 is 2.71 bits per heavy atom. The molecule has 1 aliphatic heterocycles. The van der Waals surface area contributed by atoms with Gasteiger partial charge in [0.2, 0.25) is 5.95 Å². The highest BCUT2D eigenvalue weighted by Gasteiger charge is 2.18. The van der Waals surface area contributed by atoms with Crippen LogP contribution in [0.2, 0.25) is 5.02 Å². The number of anilines is 3. The Balaban J connectivity index is 1.38. The fourth-order valence-corrected chi connectivity index (χ4v) is 4.49. The van der Waals surface area contributed by atoms with Crippen LogP contribution in [0, 0.1) is 6.92 Å². The topological polar surface area (TPSA) is 70.1 Å². The number of hydrogen-bond acceptors (Lipinski definition) is 7. The van der Waals surface area contributed by atoms with Gasteiger partial charge in [0, 0.05) is 66.4 Å². The first kappa shape index (κ1) is 22.3. The van der Waals surface area contributed by atoms with Crippen LogP contribution in [0.25, 0.3) is 10.9 Å². The summed E-state index contributed by atoms with van der Waals surface area (Å²) < 4.78 is 0. The first-order valence-corrected chi connectivity index (χ1v) is 12.1. The molecule has 0 aliphatic carbocycles. The predicted octanol–water partition coefficient (Wildman–Crippen LogP) is 5.10. The summed E-state index contributed by atoms with van der Waals surface area (Å²) in [6.07, 6.45) is 6.06. The van der Waals surface area contributed by atoms with E-state index in [1.165, 1.54) is 12.8 Å². The molecule has 1 fully saturated rings. The van der Waals surface area contributed by atoms with Crippen LogP contribution in [-0.2, 0) is 6.54 Å². The molecular weight excluding hydrogens is 446 g/mol. The average molecular weight is 474 g/mol. The first-order valence-electron chi connectivity index (χ1n) is 11.7. The molecule has 4 heterocycles. The third kappa shape index (κ3) is 5.20. The van der Waals surface area contributed by atoms with Crippen LogP contribution in [0.5, 0.6) is 0 Å². The molecule has 0 radical (unpaired) electrons. The molecule has 4 aromatic rings. The molecule has 1 saturated heterocycles. The molecule has 7 nitrogen and oxygen atoms in total. The molecule has 0 bridgehead atoms. The largest absolute Gasteiger partial charge is 0.383 e. The number of aryl methyl sites for hydroxylation is 1. The summed E-state index contributed by atoms with van der Waals surface area (Å²) in [5.74, 6) is 1.75. The number of aromatic nitrogens is 4. The Bertz CT molecular complexity index is 1260. The lowest BCUT2D eigenvalue weighted by Crippen LogP contribution is -2.31. The molecule has 8 heteroatoms. The molecule has 1 N–H and O–H groups in total. The Kier molecular flexibility index (Phi) is 6.72. The second kappa shape index (κ2) is 10.2. The minimum Gasteiger partial charge on any atom is -0.383 e. The van der Waals surface area contributed by atoms with Crippen LogP contribution in [0.15, 0.2) is 60.9 Å². The maximum atomic E-state index is 6.14. The third-order valence-corrected chi connectivity index (χ3v) is 6.26. The second-order valence-corrected chi connectivity index (χ2v) is 8.99. The van der Waals surface area contributed by atoms with Gasteiger partial charge in [-0.1, -0.05) is 17.7 Å². The number of fused-ring (bicyclic) bond motifs is 1. The lowest BCUT2D eigenvalue weighted by atomic mass is 10.2. The van der Waals surface area contributed by atoms with E-state index in [4.69, 9.17) is 21.6 Å². The molecule has 0 unspecified atom stereocenters. The Morgan fingerprint density at radius 1 is 1.00 bits per heavy atom. The second-order valence-electron chi connectivity index (χ2n) is 8.55. The Morgan fingerprint density at radius 2 is 1.88 bits per heavy atom. The molecule has 1 aromatic carbocycles. The highest BCUT2D eigenvalue weighted by atomic mass is 35.5. The first-order chi connectivity index (χ1) is 16.7. The van der Waals surface area contributed by atoms with Crippen molar-refractivity contribution in [2.45, 2.75) is 26.3 Å². The van der Waals surface area contributed by atoms with Gasteiger partial charge in [0.15, 0.2) is 0 Å². The van der Waals surface area contributed by atoms with Gasteiger partial charge >= 0.3 is 0 Å². The van der Waals surface area contributed by atoms with E-state index in [-0.39, 0.29) is 0 Å². The zero-order valence-corrected chi connectivity index (χ0v) is 20.0. The number of nitrogens with one attached hydrogen (secondary N) is 1. The molecule has 3 aromatic heterocycles. The smallest absolute Gasteiger partial charge is 0.227 e. The van der Waals surface area contributed by atoms with E-state index in [9.17, 15) is 0 Å². The Hall–Kier alpha value is -3.45. The molecular formula is C26H28ClN7. The number of halogens is 1. The van der Waals surface area contributed by atoms with Crippen molar-refractivity contribution < 1.29 is 0 Å². The molecule has 1 aliphatic rings. The lowest BCUT2D eigenvalue weighted by Gasteiger charge is -2.25. The number of hydrogen-bond donors (Lipinski definition) is 1. The van der Waals surface area contributed by atoms with E-state index in [1.54, 1.807) is 6.20 Å². The molecule has 5 rings (SSSR count). The number of benzene rings is 1. The molecule has 34 heavy (non-hydrogen) atoms. The molecule has 0 amide bonds. The van der Waals surface area contributed by atoms with E-state index in [0.29, 0.717) is 18.1 Å². The van der Waals surface area contributed by atoms with Crippen LogP contribution < -0.4 is 15.1 Å². The van der Waals surface area contributed by atoms with Crippen molar-refractivity contribution in [3.63, 3.8) is 0 Å². The maximum Gasteiger partial charge on any atom is 0.227 e. The van der Waals surface area contributed by atoms with Gasteiger partial charge in [0.1, 0.15) is 5.82 Å². The van der Waals surface area contributed by atoms with Gasteiger partial charge < -0.3 is 15.1 Å². The summed E-state index contributed by atoms with van der Waals surface area (Å²) >= 11 is 6.14. The number of rotatable bonds is 8. The monoisotopic (exact) mass is 473 g/mol. The summed E-state index contributed by atoms with van der Waals surface area (Å²) in [5, 5.41) is 5.30. The lowest BCUT2D eigenvalue weighted by molar-refractivity contribution is 0.750. The van der Waals surface area contributed by atoms with Gasteiger partial charge in [-0.25, -0.2) is 4.98 Å². The van der Waals surface area contributed by atoms with Crippen molar-refractivity contribution >= 4 is 40.0 Å². The van der Waals surface area contributed by atoms with Crippen LogP contribution in [0.4, 0.5) is 17.5 Å². The van der Waals surface area contributed by atoms with Crippen molar-refractivity contribution in [1.29, 1.82) is 0 Å². The summed E-state index contributed by atoms with van der Waals surface area (Å²) in [4.78, 5) is 23.3. The normalized spacial score (nSPS) is 13.4. The highest BCUT2D eigenvalue weighted by molar-refractivity contribution is 6.31. The van der Waals surface area contributed by atoms with Gasteiger partial charge in [-0.2, -0.15) is 4.98 Å². The minimum absolute atomic E-state index is 0.637. The van der Waals surface area contributed by atoms with E-state index in [0.717, 1.165) is 59.4 Å². The van der Waals surface area contributed by atoms with Gasteiger partial charge in [-0.15, -0.1) is 0 Å². The third-order valence-electron chi connectivity index (χ3n) is 6.02. The molecule has 0 spiro atoms. The quantitative estimate of drug-likeness (QED) is 0.381. The summed E-state index contributed by atoms with van der Waals surface area (Å²) in [5.41, 5.74) is 3.87. The molecule has 0 saturated carbocycles. The van der Waals surface area contributed by atoms with Crippen molar-refractivity contribution in [2.24, 2.45) is 0 Å². The fraction of sp³-hybridized carbons (Fsp3) is 0.308. The van der Waals surface area contributed by atoms with Gasteiger partial charge in [0.25, 0.3) is 0 Å². The van der Waals surface area contributed by atoms with Crippen LogP contribution in [0.3, 0.4) is 0 Å². The van der Waals surface area contributed by atoms with Crippen molar-refractivity contribution in [1.82, 2.24) is 19.9 Å². The van der Waals surface area contributed by atoms with E-state index >= 15 is 0 Å². The van der Waals surface area contributed by atoms with Crippen LogP contribution >= 0.6 is 11.6 Å². The highest BCUT2D eigenvalue weighted by Crippen LogP contribution is 2.25. The SMILES string of the molecule is Cc1cc(N2CCCC2)nc(N(CCNc2ccnc3cc(Cl)ccc23)Cc2ccccn2)n1. The summed E-state index contributed by atoms with van der Waals surface area (Å²) in [6, 6.07) is 15.8. The van der Waals surface area contributed by atoms with Crippen molar-refractivity contribution in [3.8, 4) is 0 Å². The predicted molar refractivity (Wildman–Crippen MR) is 139 cm³/mol. The fourth-order valence-electron chi connectivity index (χ4n) is 4.32. The molecule has 174 valence electrons. The van der Waals surface area contributed by atoms with Crippen molar-refractivity contribution in [2.75, 3.05) is 41.3 Å². The Labute approximate surface area is 204 Å². The summed E-state index contributed by atoms with van der Waals surface area (Å²) in [6.45, 7) is 6.21. The zero-order valence-electron chi connectivity index (χ0n) is 19.3. The zero-order chi connectivity index (χ0) is 23.3. The number of pyridine rings is 2.